The molecule has 0 aliphatic carbocycles. The first-order valence-corrected chi connectivity index (χ1v) is 12.0. The molecule has 0 spiro atoms. The average molecular weight is 479 g/mol. The molecule has 0 bridgehead atoms. The van der Waals surface area contributed by atoms with Crippen LogP contribution in [0.1, 0.15) is 52.5 Å². The lowest BCUT2D eigenvalue weighted by Crippen LogP contribution is -2.38. The third kappa shape index (κ3) is 3.99. The summed E-state index contributed by atoms with van der Waals surface area (Å²) in [6, 6.07) is 9.47. The number of anilines is 1. The Morgan fingerprint density at radius 3 is 2.79 bits per heavy atom. The van der Waals surface area contributed by atoms with Crippen LogP contribution >= 0.6 is 11.6 Å². The predicted molar refractivity (Wildman–Crippen MR) is 129 cm³/mol. The van der Waals surface area contributed by atoms with Crippen LogP contribution in [0.3, 0.4) is 0 Å². The van der Waals surface area contributed by atoms with Crippen LogP contribution in [0.15, 0.2) is 30.5 Å². The van der Waals surface area contributed by atoms with Gasteiger partial charge in [0.15, 0.2) is 5.65 Å². The molecule has 34 heavy (non-hydrogen) atoms. The minimum atomic E-state index is -0.682. The number of likely N-dealkylation sites (tertiary alicyclic amines) is 1. The average Bonchev–Trinajstić information content (AvgIpc) is 3.40. The summed E-state index contributed by atoms with van der Waals surface area (Å²) >= 11 is 6.41. The molecule has 1 amide bonds. The van der Waals surface area contributed by atoms with Crippen molar-refractivity contribution in [2.45, 2.75) is 45.3 Å². The van der Waals surface area contributed by atoms with Gasteiger partial charge in [0.05, 0.1) is 40.4 Å². The number of β-amino-alcohol motifs (C(OH)–C–C–N with tert-alkyl or cyclic N) is 1. The van der Waals surface area contributed by atoms with Crippen molar-refractivity contribution in [1.29, 1.82) is 5.26 Å². The normalized spacial score (nSPS) is 22.9. The fourth-order valence-electron chi connectivity index (χ4n) is 5.02. The quantitative estimate of drug-likeness (QED) is 0.616. The highest BCUT2D eigenvalue weighted by Crippen LogP contribution is 2.34. The molecule has 0 saturated carbocycles. The van der Waals surface area contributed by atoms with E-state index in [0.29, 0.717) is 35.9 Å². The predicted octanol–water partition coefficient (Wildman–Crippen LogP) is 3.69. The van der Waals surface area contributed by atoms with E-state index in [4.69, 9.17) is 21.7 Å². The van der Waals surface area contributed by atoms with Gasteiger partial charge in [0.1, 0.15) is 5.82 Å². The molecule has 0 radical (unpaired) electrons. The first-order valence-electron chi connectivity index (χ1n) is 11.6. The van der Waals surface area contributed by atoms with Crippen LogP contribution in [0.5, 0.6) is 0 Å². The Morgan fingerprint density at radius 2 is 2.06 bits per heavy atom. The minimum Gasteiger partial charge on any atom is -0.390 e. The molecule has 1 unspecified atom stereocenters. The fourth-order valence-corrected chi connectivity index (χ4v) is 5.34. The standard InChI is InChI=1S/C25H27ClN6O2/c1-15-6-7-18(19(26)9-15)25(34)31-8-4-3-5-21(31)20-10-23-28-24(16(2)12-32(23)29-20)30-13-17(11-27)22(33)14-30/h6-7,9-10,12,17,21-22,33H,3-5,8,13-14H2,1-2H3/t17-,21?,22+/m1/s1. The van der Waals surface area contributed by atoms with E-state index < -0.39 is 12.0 Å². The maximum atomic E-state index is 13.4. The Morgan fingerprint density at radius 1 is 1.24 bits per heavy atom. The van der Waals surface area contributed by atoms with E-state index in [1.807, 2.05) is 48.0 Å². The van der Waals surface area contributed by atoms with E-state index in [1.54, 1.807) is 10.6 Å². The molecule has 3 aromatic rings. The van der Waals surface area contributed by atoms with Crippen molar-refractivity contribution in [3.63, 3.8) is 0 Å². The number of carbonyl (C=O) groups excluding carboxylic acids is 1. The molecule has 176 valence electrons. The lowest BCUT2D eigenvalue weighted by molar-refractivity contribution is 0.0606. The van der Waals surface area contributed by atoms with Crippen molar-refractivity contribution in [3.05, 3.63) is 57.9 Å². The summed E-state index contributed by atoms with van der Waals surface area (Å²) < 4.78 is 1.75. The van der Waals surface area contributed by atoms with Crippen molar-refractivity contribution < 1.29 is 9.90 Å². The largest absolute Gasteiger partial charge is 0.390 e. The van der Waals surface area contributed by atoms with Gasteiger partial charge in [-0.15, -0.1) is 0 Å². The van der Waals surface area contributed by atoms with E-state index >= 15 is 0 Å². The molecule has 1 aromatic carbocycles. The maximum absolute atomic E-state index is 13.4. The number of amides is 1. The van der Waals surface area contributed by atoms with Gasteiger partial charge in [-0.2, -0.15) is 10.4 Å². The Balaban J connectivity index is 1.46. The maximum Gasteiger partial charge on any atom is 0.255 e. The van der Waals surface area contributed by atoms with E-state index in [0.717, 1.165) is 41.9 Å². The van der Waals surface area contributed by atoms with Crippen LogP contribution < -0.4 is 4.90 Å². The van der Waals surface area contributed by atoms with Crippen LogP contribution in [0.25, 0.3) is 5.65 Å². The number of aliphatic hydroxyl groups is 1. The second kappa shape index (κ2) is 8.90. The zero-order valence-electron chi connectivity index (χ0n) is 19.3. The second-order valence-corrected chi connectivity index (χ2v) is 9.73. The number of piperidine rings is 1. The van der Waals surface area contributed by atoms with Crippen LogP contribution in [0.4, 0.5) is 5.82 Å². The smallest absolute Gasteiger partial charge is 0.255 e. The highest BCUT2D eigenvalue weighted by atomic mass is 35.5. The van der Waals surface area contributed by atoms with Crippen molar-refractivity contribution in [2.24, 2.45) is 5.92 Å². The van der Waals surface area contributed by atoms with Gasteiger partial charge in [-0.25, -0.2) is 9.50 Å². The molecule has 8 nitrogen and oxygen atoms in total. The van der Waals surface area contributed by atoms with Gasteiger partial charge < -0.3 is 14.9 Å². The number of hydrogen-bond donors (Lipinski definition) is 1. The molecule has 9 heteroatoms. The summed E-state index contributed by atoms with van der Waals surface area (Å²) in [6.45, 7) is 5.38. The van der Waals surface area contributed by atoms with Crippen LogP contribution in [-0.2, 0) is 0 Å². The molecular formula is C25H27ClN6O2. The van der Waals surface area contributed by atoms with E-state index in [-0.39, 0.29) is 11.9 Å². The van der Waals surface area contributed by atoms with Gasteiger partial charge >= 0.3 is 0 Å². The summed E-state index contributed by atoms with van der Waals surface area (Å²) in [5.74, 6) is 0.247. The molecule has 1 N–H and O–H groups in total. The number of aliphatic hydroxyl groups excluding tert-OH is 1. The van der Waals surface area contributed by atoms with Gasteiger partial charge in [0.25, 0.3) is 5.91 Å². The van der Waals surface area contributed by atoms with Crippen molar-refractivity contribution in [2.75, 3.05) is 24.5 Å². The fraction of sp³-hybridized carbons (Fsp3) is 0.440. The number of aryl methyl sites for hydroxylation is 2. The van der Waals surface area contributed by atoms with Gasteiger partial charge in [-0.3, -0.25) is 4.79 Å². The Hall–Kier alpha value is -3.15. The van der Waals surface area contributed by atoms with Crippen molar-refractivity contribution >= 4 is 29.0 Å². The van der Waals surface area contributed by atoms with E-state index in [9.17, 15) is 15.2 Å². The summed E-state index contributed by atoms with van der Waals surface area (Å²) in [7, 11) is 0. The minimum absolute atomic E-state index is 0.0785. The number of hydrogen-bond acceptors (Lipinski definition) is 6. The van der Waals surface area contributed by atoms with Gasteiger partial charge in [-0.05, 0) is 50.8 Å². The summed E-state index contributed by atoms with van der Waals surface area (Å²) in [5, 5.41) is 24.7. The lowest BCUT2D eigenvalue weighted by atomic mass is 9.98. The highest BCUT2D eigenvalue weighted by Gasteiger charge is 2.34. The number of nitrogens with zero attached hydrogens (tertiary/aromatic N) is 6. The molecule has 2 aromatic heterocycles. The molecule has 2 aliphatic heterocycles. The molecule has 2 fully saturated rings. The van der Waals surface area contributed by atoms with Gasteiger partial charge in [0.2, 0.25) is 0 Å². The van der Waals surface area contributed by atoms with Gasteiger partial charge in [0, 0.05) is 37.5 Å². The van der Waals surface area contributed by atoms with E-state index in [1.165, 1.54) is 0 Å². The van der Waals surface area contributed by atoms with E-state index in [2.05, 4.69) is 6.07 Å². The first kappa shape index (κ1) is 22.6. The number of halogens is 1. The SMILES string of the molecule is Cc1ccc(C(=O)N2CCCCC2c2cc3nc(N4C[C@@H](C#N)[C@@H](O)C4)c(C)cn3n2)c(Cl)c1. The number of rotatable bonds is 3. The number of aromatic nitrogens is 3. The highest BCUT2D eigenvalue weighted by molar-refractivity contribution is 6.33. The molecule has 2 aliphatic rings. The third-order valence-corrected chi connectivity index (χ3v) is 7.15. The topological polar surface area (TPSA) is 97.8 Å². The van der Waals surface area contributed by atoms with Crippen LogP contribution in [0, 0.1) is 31.1 Å². The molecule has 5 rings (SSSR count). The number of fused-ring (bicyclic) bond motifs is 1. The Bertz CT molecular complexity index is 1300. The van der Waals surface area contributed by atoms with Crippen molar-refractivity contribution in [1.82, 2.24) is 19.5 Å². The zero-order chi connectivity index (χ0) is 24.0. The monoisotopic (exact) mass is 478 g/mol. The molecule has 3 atom stereocenters. The number of carbonyl (C=O) groups is 1. The lowest BCUT2D eigenvalue weighted by Gasteiger charge is -2.35. The Kier molecular flexibility index (Phi) is 5.92. The molecular weight excluding hydrogens is 452 g/mol. The first-order chi connectivity index (χ1) is 16.4. The Labute approximate surface area is 203 Å². The third-order valence-electron chi connectivity index (χ3n) is 6.84. The number of benzene rings is 1. The summed E-state index contributed by atoms with van der Waals surface area (Å²) in [4.78, 5) is 22.1. The molecule has 2 saturated heterocycles. The molecule has 4 heterocycles. The van der Waals surface area contributed by atoms with Crippen LogP contribution in [0.2, 0.25) is 5.02 Å². The zero-order valence-corrected chi connectivity index (χ0v) is 20.0. The summed E-state index contributed by atoms with van der Waals surface area (Å²) in [6.07, 6.45) is 4.02. The summed E-state index contributed by atoms with van der Waals surface area (Å²) in [5.41, 5.74) is 3.92. The van der Waals surface area contributed by atoms with Crippen LogP contribution in [-0.4, -0.2) is 56.2 Å². The number of nitriles is 1. The second-order valence-electron chi connectivity index (χ2n) is 9.32. The van der Waals surface area contributed by atoms with Crippen molar-refractivity contribution in [3.8, 4) is 6.07 Å². The van der Waals surface area contributed by atoms with Gasteiger partial charge in [-0.1, -0.05) is 17.7 Å².